The summed E-state index contributed by atoms with van der Waals surface area (Å²) in [5.74, 6) is 0.940. The number of methoxy groups -OCH3 is 1. The number of hydrogen-bond acceptors (Lipinski definition) is 7. The van der Waals surface area contributed by atoms with E-state index in [-0.39, 0.29) is 23.7 Å². The van der Waals surface area contributed by atoms with Gasteiger partial charge in [-0.05, 0) is 12.1 Å². The normalized spacial score (nSPS) is 12.6. The van der Waals surface area contributed by atoms with Gasteiger partial charge in [0.15, 0.2) is 29.6 Å². The van der Waals surface area contributed by atoms with Gasteiger partial charge in [0, 0.05) is 12.5 Å². The summed E-state index contributed by atoms with van der Waals surface area (Å²) in [6.07, 6.45) is 0.664. The van der Waals surface area contributed by atoms with Crippen LogP contribution in [-0.4, -0.2) is 37.8 Å². The van der Waals surface area contributed by atoms with E-state index in [1.54, 1.807) is 24.3 Å². The standard InChI is InChI=1S/C18H18N2O7/c1-24-14-5-2-3-6-15(14)27-11-18(21)19-12-9-16-17(10-13(12)20(22)23)26-8-4-7-25-16/h2-3,5-6,9-10H,4,7-8,11H2,1H3,(H,19,21). The summed E-state index contributed by atoms with van der Waals surface area (Å²) in [5.41, 5.74) is -0.275. The predicted octanol–water partition coefficient (Wildman–Crippen LogP) is 2.78. The van der Waals surface area contributed by atoms with Gasteiger partial charge in [-0.25, -0.2) is 0 Å². The molecule has 0 fully saturated rings. The van der Waals surface area contributed by atoms with E-state index in [1.807, 2.05) is 0 Å². The zero-order valence-electron chi connectivity index (χ0n) is 14.6. The average molecular weight is 374 g/mol. The Bertz CT molecular complexity index is 854. The molecule has 0 atom stereocenters. The number of nitro benzene ring substituents is 1. The molecule has 0 aliphatic carbocycles. The van der Waals surface area contributed by atoms with E-state index >= 15 is 0 Å². The second-order valence-electron chi connectivity index (χ2n) is 5.61. The summed E-state index contributed by atoms with van der Waals surface area (Å²) < 4.78 is 21.5. The van der Waals surface area contributed by atoms with Crippen molar-refractivity contribution < 1.29 is 28.7 Å². The maximum atomic E-state index is 12.2. The minimum Gasteiger partial charge on any atom is -0.493 e. The quantitative estimate of drug-likeness (QED) is 0.611. The Labute approximate surface area is 154 Å². The highest BCUT2D eigenvalue weighted by Gasteiger charge is 2.23. The minimum absolute atomic E-state index is 0.0119. The lowest BCUT2D eigenvalue weighted by molar-refractivity contribution is -0.384. The summed E-state index contributed by atoms with van der Waals surface area (Å²) in [6.45, 7) is 0.490. The van der Waals surface area contributed by atoms with Crippen molar-refractivity contribution in [2.75, 3.05) is 32.2 Å². The van der Waals surface area contributed by atoms with Gasteiger partial charge in [-0.1, -0.05) is 12.1 Å². The van der Waals surface area contributed by atoms with E-state index < -0.39 is 10.8 Å². The molecule has 1 aliphatic rings. The second-order valence-corrected chi connectivity index (χ2v) is 5.61. The molecule has 0 radical (unpaired) electrons. The van der Waals surface area contributed by atoms with Crippen LogP contribution in [-0.2, 0) is 4.79 Å². The Morgan fingerprint density at radius 2 is 1.85 bits per heavy atom. The fraction of sp³-hybridized carbons (Fsp3) is 0.278. The maximum absolute atomic E-state index is 12.2. The Hall–Kier alpha value is -3.49. The molecule has 1 amide bonds. The van der Waals surface area contributed by atoms with Gasteiger partial charge >= 0.3 is 0 Å². The van der Waals surface area contributed by atoms with Crippen LogP contribution in [0.15, 0.2) is 36.4 Å². The monoisotopic (exact) mass is 374 g/mol. The van der Waals surface area contributed by atoms with Gasteiger partial charge in [-0.3, -0.25) is 14.9 Å². The summed E-state index contributed by atoms with van der Waals surface area (Å²) in [7, 11) is 1.49. The van der Waals surface area contributed by atoms with E-state index in [9.17, 15) is 14.9 Å². The lowest BCUT2D eigenvalue weighted by atomic mass is 10.2. The van der Waals surface area contributed by atoms with Crippen LogP contribution in [0.25, 0.3) is 0 Å². The summed E-state index contributed by atoms with van der Waals surface area (Å²) >= 11 is 0. The van der Waals surface area contributed by atoms with Gasteiger partial charge in [-0.2, -0.15) is 0 Å². The summed E-state index contributed by atoms with van der Waals surface area (Å²) in [6, 6.07) is 9.50. The molecule has 0 saturated heterocycles. The van der Waals surface area contributed by atoms with Gasteiger partial charge < -0.3 is 24.3 Å². The highest BCUT2D eigenvalue weighted by atomic mass is 16.6. The first-order valence-corrected chi connectivity index (χ1v) is 8.22. The smallest absolute Gasteiger partial charge is 0.296 e. The van der Waals surface area contributed by atoms with Crippen LogP contribution >= 0.6 is 0 Å². The van der Waals surface area contributed by atoms with Crippen molar-refractivity contribution in [2.45, 2.75) is 6.42 Å². The van der Waals surface area contributed by atoms with Crippen molar-refractivity contribution >= 4 is 17.3 Å². The molecular weight excluding hydrogens is 356 g/mol. The molecule has 1 aliphatic heterocycles. The van der Waals surface area contributed by atoms with Gasteiger partial charge in [0.05, 0.1) is 31.3 Å². The molecule has 9 heteroatoms. The van der Waals surface area contributed by atoms with Crippen molar-refractivity contribution in [3.8, 4) is 23.0 Å². The topological polar surface area (TPSA) is 109 Å². The fourth-order valence-corrected chi connectivity index (χ4v) is 2.52. The number of ether oxygens (including phenoxy) is 4. The van der Waals surface area contributed by atoms with Crippen LogP contribution in [0.5, 0.6) is 23.0 Å². The molecule has 0 spiro atoms. The number of nitrogens with one attached hydrogen (secondary N) is 1. The Morgan fingerprint density at radius 3 is 2.52 bits per heavy atom. The van der Waals surface area contributed by atoms with Crippen molar-refractivity contribution in [3.05, 3.63) is 46.5 Å². The van der Waals surface area contributed by atoms with Crippen LogP contribution in [0, 0.1) is 10.1 Å². The lowest BCUT2D eigenvalue weighted by Gasteiger charge is -2.12. The molecule has 2 aromatic rings. The fourth-order valence-electron chi connectivity index (χ4n) is 2.52. The molecule has 0 saturated carbocycles. The molecule has 9 nitrogen and oxygen atoms in total. The van der Waals surface area contributed by atoms with Crippen molar-refractivity contribution in [2.24, 2.45) is 0 Å². The molecule has 0 bridgehead atoms. The second kappa shape index (κ2) is 8.26. The predicted molar refractivity (Wildman–Crippen MR) is 95.8 cm³/mol. The van der Waals surface area contributed by atoms with Gasteiger partial charge in [0.2, 0.25) is 0 Å². The Kier molecular flexibility index (Phi) is 5.60. The largest absolute Gasteiger partial charge is 0.493 e. The van der Waals surface area contributed by atoms with Gasteiger partial charge in [-0.15, -0.1) is 0 Å². The van der Waals surface area contributed by atoms with Crippen molar-refractivity contribution in [1.82, 2.24) is 0 Å². The number of para-hydroxylation sites is 2. The molecule has 142 valence electrons. The third kappa shape index (κ3) is 4.38. The van der Waals surface area contributed by atoms with Crippen LogP contribution < -0.4 is 24.3 Å². The zero-order valence-corrected chi connectivity index (χ0v) is 14.6. The highest BCUT2D eigenvalue weighted by Crippen LogP contribution is 2.39. The van der Waals surface area contributed by atoms with E-state index in [1.165, 1.54) is 19.2 Å². The number of rotatable bonds is 6. The first-order valence-electron chi connectivity index (χ1n) is 8.22. The first-order chi connectivity index (χ1) is 13.1. The maximum Gasteiger partial charge on any atom is 0.296 e. The molecule has 1 heterocycles. The van der Waals surface area contributed by atoms with Gasteiger partial charge in [0.25, 0.3) is 11.6 Å². The van der Waals surface area contributed by atoms with E-state index in [0.29, 0.717) is 36.9 Å². The highest BCUT2D eigenvalue weighted by molar-refractivity contribution is 5.94. The molecule has 2 aromatic carbocycles. The van der Waals surface area contributed by atoms with E-state index in [4.69, 9.17) is 18.9 Å². The summed E-state index contributed by atoms with van der Waals surface area (Å²) in [5, 5.41) is 13.8. The Morgan fingerprint density at radius 1 is 1.19 bits per heavy atom. The van der Waals surface area contributed by atoms with Gasteiger partial charge in [0.1, 0.15) is 5.69 Å². The number of hydrogen-bond donors (Lipinski definition) is 1. The SMILES string of the molecule is COc1ccccc1OCC(=O)Nc1cc2c(cc1[N+](=O)[O-])OCCCO2. The third-order valence-electron chi connectivity index (χ3n) is 3.76. The number of amides is 1. The van der Waals surface area contributed by atoms with Crippen molar-refractivity contribution in [3.63, 3.8) is 0 Å². The average Bonchev–Trinajstić information content (AvgIpc) is 2.90. The molecule has 1 N–H and O–H groups in total. The number of nitrogens with zero attached hydrogens (tertiary/aromatic N) is 1. The Balaban J connectivity index is 1.74. The number of carbonyl (C=O) groups is 1. The zero-order chi connectivity index (χ0) is 19.2. The van der Waals surface area contributed by atoms with E-state index in [2.05, 4.69) is 5.32 Å². The van der Waals surface area contributed by atoms with Crippen LogP contribution in [0.3, 0.4) is 0 Å². The molecule has 0 unspecified atom stereocenters. The molecule has 0 aromatic heterocycles. The van der Waals surface area contributed by atoms with E-state index in [0.717, 1.165) is 0 Å². The number of benzene rings is 2. The van der Waals surface area contributed by atoms with Crippen molar-refractivity contribution in [1.29, 1.82) is 0 Å². The third-order valence-corrected chi connectivity index (χ3v) is 3.76. The molecular formula is C18H18N2O7. The van der Waals surface area contributed by atoms with Crippen LogP contribution in [0.1, 0.15) is 6.42 Å². The molecule has 27 heavy (non-hydrogen) atoms. The minimum atomic E-state index is -0.592. The number of nitro groups is 1. The number of carbonyl (C=O) groups excluding carboxylic acids is 1. The summed E-state index contributed by atoms with van der Waals surface area (Å²) in [4.78, 5) is 23.0. The van der Waals surface area contributed by atoms with Crippen LogP contribution in [0.4, 0.5) is 11.4 Å². The molecule has 3 rings (SSSR count). The van der Waals surface area contributed by atoms with Crippen LogP contribution in [0.2, 0.25) is 0 Å². The lowest BCUT2D eigenvalue weighted by Crippen LogP contribution is -2.21. The number of fused-ring (bicyclic) bond motifs is 1. The number of anilines is 1. The first kappa shape index (κ1) is 18.3.